The summed E-state index contributed by atoms with van der Waals surface area (Å²) in [6, 6.07) is 2.05. The molecule has 0 bridgehead atoms. The van der Waals surface area contributed by atoms with Crippen molar-refractivity contribution in [2.75, 3.05) is 44.2 Å². The van der Waals surface area contributed by atoms with E-state index >= 15 is 0 Å². The van der Waals surface area contributed by atoms with Crippen LogP contribution in [0.2, 0.25) is 0 Å². The van der Waals surface area contributed by atoms with E-state index in [2.05, 4.69) is 27.9 Å². The number of fused-ring (bicyclic) bond motifs is 1. The third kappa shape index (κ3) is 5.80. The lowest BCUT2D eigenvalue weighted by Crippen LogP contribution is -2.51. The van der Waals surface area contributed by atoms with Crippen LogP contribution in [0.4, 0.5) is 15.3 Å². The van der Waals surface area contributed by atoms with Crippen LogP contribution >= 0.6 is 0 Å². The number of nitrogens with one attached hydrogen (secondary N) is 1. The number of aromatic nitrogens is 2. The smallest absolute Gasteiger partial charge is 0.410 e. The van der Waals surface area contributed by atoms with Crippen LogP contribution in [0.3, 0.4) is 0 Å². The second-order valence-corrected chi connectivity index (χ2v) is 12.0. The fourth-order valence-corrected chi connectivity index (χ4v) is 5.93. The molecular formula is C28H40N6O4. The van der Waals surface area contributed by atoms with Gasteiger partial charge in [0.2, 0.25) is 5.91 Å². The zero-order valence-corrected chi connectivity index (χ0v) is 23.0. The maximum atomic E-state index is 12.3. The van der Waals surface area contributed by atoms with Crippen molar-refractivity contribution in [3.8, 4) is 0 Å². The lowest BCUT2D eigenvalue weighted by molar-refractivity contribution is -0.120. The molecule has 2 saturated heterocycles. The zero-order chi connectivity index (χ0) is 27.0. The number of imide groups is 1. The number of hydrogen-bond donors (Lipinski definition) is 1. The number of carbonyl (C=O) groups excluding carboxylic acids is 3. The van der Waals surface area contributed by atoms with Gasteiger partial charge < -0.3 is 14.2 Å². The maximum absolute atomic E-state index is 12.3. The number of rotatable bonds is 4. The third-order valence-corrected chi connectivity index (χ3v) is 7.97. The minimum Gasteiger partial charge on any atom is -0.444 e. The van der Waals surface area contributed by atoms with Crippen molar-refractivity contribution < 1.29 is 19.1 Å². The number of pyridine rings is 1. The molecule has 206 valence electrons. The first-order chi connectivity index (χ1) is 18.1. The summed E-state index contributed by atoms with van der Waals surface area (Å²) in [6.45, 7) is 12.5. The number of urea groups is 1. The molecule has 0 aromatic carbocycles. The van der Waals surface area contributed by atoms with Crippen LogP contribution in [0.15, 0.2) is 18.5 Å². The molecule has 1 N–H and O–H groups in total. The first-order valence-corrected chi connectivity index (χ1v) is 13.9. The van der Waals surface area contributed by atoms with Crippen molar-refractivity contribution in [2.45, 2.75) is 71.4 Å². The van der Waals surface area contributed by atoms with Gasteiger partial charge in [0, 0.05) is 63.3 Å². The topological polar surface area (TPSA) is 100 Å². The van der Waals surface area contributed by atoms with Crippen molar-refractivity contribution >= 4 is 34.8 Å². The predicted molar refractivity (Wildman–Crippen MR) is 145 cm³/mol. The molecule has 2 aromatic rings. The average Bonchev–Trinajstić information content (AvgIpc) is 3.19. The Hall–Kier alpha value is -3.14. The number of piperazine rings is 1. The maximum Gasteiger partial charge on any atom is 0.410 e. The number of nitrogens with zero attached hydrogens (tertiary/aromatic N) is 5. The number of hydrogen-bond acceptors (Lipinski definition) is 6. The van der Waals surface area contributed by atoms with Gasteiger partial charge in [0.25, 0.3) is 0 Å². The molecule has 2 aromatic heterocycles. The highest BCUT2D eigenvalue weighted by molar-refractivity contribution is 6.06. The van der Waals surface area contributed by atoms with Crippen LogP contribution in [-0.2, 0) is 9.53 Å². The monoisotopic (exact) mass is 524 g/mol. The number of aryl methyl sites for hydroxylation is 1. The molecule has 1 aliphatic carbocycles. The van der Waals surface area contributed by atoms with E-state index in [1.165, 1.54) is 12.8 Å². The first kappa shape index (κ1) is 26.5. The molecule has 10 heteroatoms. The molecule has 1 saturated carbocycles. The quantitative estimate of drug-likeness (QED) is 0.647. The van der Waals surface area contributed by atoms with Gasteiger partial charge in [-0.15, -0.1) is 0 Å². The number of ether oxygens (including phenoxy) is 1. The van der Waals surface area contributed by atoms with Gasteiger partial charge in [-0.25, -0.2) is 14.6 Å². The molecule has 4 heterocycles. The standard InChI is InChI=1S/C28H40N6O4/c1-19-17-34(25-23(19)15-22(16-29-25)33-10-9-24(35)30-26(33)36)21-7-5-20(6-8-21)18-31-11-13-32(14-12-31)27(37)38-28(2,3)4/h15-17,20-21H,5-14,18H2,1-4H3,(H,30,35,36). The Kier molecular flexibility index (Phi) is 7.35. The van der Waals surface area contributed by atoms with Crippen LogP contribution in [0.5, 0.6) is 0 Å². The Balaban J connectivity index is 1.15. The van der Waals surface area contributed by atoms with Crippen LogP contribution in [0, 0.1) is 12.8 Å². The Bertz CT molecular complexity index is 1200. The van der Waals surface area contributed by atoms with Crippen molar-refractivity contribution in [3.05, 3.63) is 24.0 Å². The molecule has 0 atom stereocenters. The number of carbonyl (C=O) groups is 3. The second kappa shape index (κ2) is 10.6. The van der Waals surface area contributed by atoms with Crippen LogP contribution in [0.1, 0.15) is 64.5 Å². The average molecular weight is 525 g/mol. The van der Waals surface area contributed by atoms with Gasteiger partial charge >= 0.3 is 12.1 Å². The molecule has 0 unspecified atom stereocenters. The summed E-state index contributed by atoms with van der Waals surface area (Å²) in [6.07, 6.45) is 8.62. The van der Waals surface area contributed by atoms with Gasteiger partial charge in [0.05, 0.1) is 11.9 Å². The summed E-state index contributed by atoms with van der Waals surface area (Å²) >= 11 is 0. The van der Waals surface area contributed by atoms with E-state index in [1.54, 1.807) is 11.1 Å². The number of amides is 4. The summed E-state index contributed by atoms with van der Waals surface area (Å²) < 4.78 is 7.85. The van der Waals surface area contributed by atoms with Gasteiger partial charge in [-0.1, -0.05) is 0 Å². The van der Waals surface area contributed by atoms with Crippen molar-refractivity contribution in [1.29, 1.82) is 0 Å². The largest absolute Gasteiger partial charge is 0.444 e. The Morgan fingerprint density at radius 1 is 1.08 bits per heavy atom. The summed E-state index contributed by atoms with van der Waals surface area (Å²) in [4.78, 5) is 46.8. The van der Waals surface area contributed by atoms with Gasteiger partial charge in [0.1, 0.15) is 11.2 Å². The molecule has 2 aliphatic heterocycles. The van der Waals surface area contributed by atoms with Crippen molar-refractivity contribution in [3.63, 3.8) is 0 Å². The molecule has 0 radical (unpaired) electrons. The van der Waals surface area contributed by atoms with E-state index < -0.39 is 5.60 Å². The zero-order valence-electron chi connectivity index (χ0n) is 23.0. The normalized spacial score (nSPS) is 23.6. The Morgan fingerprint density at radius 3 is 2.45 bits per heavy atom. The molecule has 10 nitrogen and oxygen atoms in total. The molecular weight excluding hydrogens is 484 g/mol. The van der Waals surface area contributed by atoms with Crippen LogP contribution in [-0.4, -0.2) is 82.3 Å². The van der Waals surface area contributed by atoms with E-state index in [-0.39, 0.29) is 18.0 Å². The summed E-state index contributed by atoms with van der Waals surface area (Å²) in [5.41, 5.74) is 2.37. The molecule has 4 amide bonds. The van der Waals surface area contributed by atoms with Gasteiger partial charge in [-0.2, -0.15) is 0 Å². The summed E-state index contributed by atoms with van der Waals surface area (Å²) in [5, 5.41) is 3.44. The van der Waals surface area contributed by atoms with Crippen LogP contribution < -0.4 is 10.2 Å². The van der Waals surface area contributed by atoms with E-state index in [9.17, 15) is 14.4 Å². The molecule has 38 heavy (non-hydrogen) atoms. The SMILES string of the molecule is Cc1cn(C2CCC(CN3CCN(C(=O)OC(C)(C)C)CC3)CC2)c2ncc(N3CCC(=O)NC3=O)cc12. The third-order valence-electron chi connectivity index (χ3n) is 7.97. The van der Waals surface area contributed by atoms with Crippen molar-refractivity contribution in [2.24, 2.45) is 5.92 Å². The predicted octanol–water partition coefficient (Wildman–Crippen LogP) is 4.08. The highest BCUT2D eigenvalue weighted by Crippen LogP contribution is 2.36. The highest BCUT2D eigenvalue weighted by atomic mass is 16.6. The molecule has 3 fully saturated rings. The van der Waals surface area contributed by atoms with E-state index in [1.807, 2.05) is 31.7 Å². The fourth-order valence-electron chi connectivity index (χ4n) is 5.93. The van der Waals surface area contributed by atoms with E-state index in [0.29, 0.717) is 24.9 Å². The van der Waals surface area contributed by atoms with E-state index in [4.69, 9.17) is 9.72 Å². The van der Waals surface area contributed by atoms with Crippen LogP contribution in [0.25, 0.3) is 11.0 Å². The summed E-state index contributed by atoms with van der Waals surface area (Å²) in [5.74, 6) is 0.434. The molecule has 0 spiro atoms. The van der Waals surface area contributed by atoms with Gasteiger partial charge in [-0.3, -0.25) is 19.9 Å². The summed E-state index contributed by atoms with van der Waals surface area (Å²) in [7, 11) is 0. The second-order valence-electron chi connectivity index (χ2n) is 12.0. The fraction of sp³-hybridized carbons (Fsp3) is 0.643. The van der Waals surface area contributed by atoms with E-state index in [0.717, 1.165) is 67.8 Å². The Morgan fingerprint density at radius 2 is 1.79 bits per heavy atom. The van der Waals surface area contributed by atoms with Gasteiger partial charge in [-0.05, 0) is 70.9 Å². The van der Waals surface area contributed by atoms with Gasteiger partial charge in [0.15, 0.2) is 0 Å². The highest BCUT2D eigenvalue weighted by Gasteiger charge is 2.30. The minimum absolute atomic E-state index is 0.207. The number of anilines is 1. The first-order valence-electron chi connectivity index (χ1n) is 13.9. The molecule has 5 rings (SSSR count). The molecule has 3 aliphatic rings. The lowest BCUT2D eigenvalue weighted by Gasteiger charge is -2.38. The van der Waals surface area contributed by atoms with Crippen molar-refractivity contribution in [1.82, 2.24) is 24.7 Å². The Labute approximate surface area is 224 Å². The minimum atomic E-state index is -0.459. The lowest BCUT2D eigenvalue weighted by atomic mass is 9.85.